The smallest absolute Gasteiger partial charge is 0.0783 e. The van der Waals surface area contributed by atoms with Gasteiger partial charge in [-0.2, -0.15) is 0 Å². The highest BCUT2D eigenvalue weighted by Gasteiger charge is 2.29. The molecular formula is C58H45N3. The zero-order valence-corrected chi connectivity index (χ0v) is 35.4. The largest absolute Gasteiger partial charge is 0.308 e. The van der Waals surface area contributed by atoms with Gasteiger partial charge in [-0.3, -0.25) is 0 Å². The van der Waals surface area contributed by atoms with Crippen molar-refractivity contribution < 1.29 is 0 Å². The van der Waals surface area contributed by atoms with Crippen LogP contribution in [0.5, 0.6) is 0 Å². The fourth-order valence-corrected chi connectivity index (χ4v) is 10.8. The van der Waals surface area contributed by atoms with Crippen LogP contribution in [0.2, 0.25) is 0 Å². The van der Waals surface area contributed by atoms with Gasteiger partial charge >= 0.3 is 0 Å². The monoisotopic (exact) mass is 783 g/mol. The molecule has 0 amide bonds. The molecule has 0 bridgehead atoms. The van der Waals surface area contributed by atoms with Gasteiger partial charge in [0.05, 0.1) is 38.8 Å². The van der Waals surface area contributed by atoms with Crippen molar-refractivity contribution in [3.63, 3.8) is 0 Å². The fourth-order valence-electron chi connectivity index (χ4n) is 10.8. The molecule has 61 heavy (non-hydrogen) atoms. The van der Waals surface area contributed by atoms with Crippen LogP contribution < -0.4 is 4.90 Å². The van der Waals surface area contributed by atoms with E-state index in [1.165, 1.54) is 115 Å². The maximum absolute atomic E-state index is 2.63. The van der Waals surface area contributed by atoms with E-state index in [2.05, 4.69) is 219 Å². The second-order valence-electron chi connectivity index (χ2n) is 19.4. The number of aromatic nitrogens is 2. The molecule has 0 saturated heterocycles. The molecular weight excluding hydrogens is 739 g/mol. The molecule has 0 N–H and O–H groups in total. The SMILES string of the molecule is CC(C)(C)c1ccc2c(c1)c1c3ccccc3cc3c4cc5c(cc4n2c31)c1c2ccccc2cc2c3cc(C(C)(C)C)cc(N(c4ccccc4)c4ccccc4)c3n5c21. The van der Waals surface area contributed by atoms with Crippen molar-refractivity contribution in [1.82, 2.24) is 8.80 Å². The molecule has 0 aliphatic heterocycles. The molecule has 0 unspecified atom stereocenters. The molecule has 13 aromatic rings. The summed E-state index contributed by atoms with van der Waals surface area (Å²) in [6.07, 6.45) is 0. The van der Waals surface area contributed by atoms with E-state index in [-0.39, 0.29) is 10.8 Å². The van der Waals surface area contributed by atoms with E-state index in [1.54, 1.807) is 0 Å². The molecule has 3 nitrogen and oxygen atoms in total. The van der Waals surface area contributed by atoms with Crippen molar-refractivity contribution in [2.24, 2.45) is 0 Å². The van der Waals surface area contributed by atoms with Gasteiger partial charge in [0.15, 0.2) is 0 Å². The van der Waals surface area contributed by atoms with E-state index in [1.807, 2.05) is 0 Å². The summed E-state index contributed by atoms with van der Waals surface area (Å²) in [6.45, 7) is 14.0. The van der Waals surface area contributed by atoms with E-state index in [0.717, 1.165) is 11.4 Å². The van der Waals surface area contributed by atoms with Gasteiger partial charge in [-0.15, -0.1) is 0 Å². The Balaban J connectivity index is 1.27. The lowest BCUT2D eigenvalue weighted by Gasteiger charge is -2.29. The van der Waals surface area contributed by atoms with Crippen molar-refractivity contribution in [3.8, 4) is 0 Å². The first-order valence-corrected chi connectivity index (χ1v) is 21.7. The molecule has 0 aliphatic rings. The minimum absolute atomic E-state index is 0.0396. The number of nitrogens with zero attached hydrogens (tertiary/aromatic N) is 3. The number of hydrogen-bond acceptors (Lipinski definition) is 1. The molecule has 3 heteroatoms. The quantitative estimate of drug-likeness (QED) is 0.174. The third-order valence-corrected chi connectivity index (χ3v) is 13.8. The molecule has 13 rings (SSSR count). The predicted molar refractivity (Wildman–Crippen MR) is 263 cm³/mol. The number of hydrogen-bond donors (Lipinski definition) is 0. The number of para-hydroxylation sites is 2. The molecule has 4 heterocycles. The zero-order chi connectivity index (χ0) is 41.1. The maximum Gasteiger partial charge on any atom is 0.0783 e. The minimum Gasteiger partial charge on any atom is -0.308 e. The number of benzene rings is 9. The Bertz CT molecular complexity index is 3890. The van der Waals surface area contributed by atoms with Crippen LogP contribution in [0.4, 0.5) is 17.1 Å². The molecule has 4 aromatic heterocycles. The highest BCUT2D eigenvalue weighted by Crippen LogP contribution is 2.51. The standard InChI is InChI=1S/C58H45N3/c1-57(2,3)36-25-26-48-46(29-36)52-40-23-15-13-17-34(40)27-43-42-32-50-47(33-49(42)60(48)55(43)52)53-41-24-16-14-18-35(41)28-44-45-30-37(58(4,5)6)31-51(54(45)61(50)56(44)53)59(38-19-9-7-10-20-38)39-21-11-8-12-22-39/h7-33H,1-6H3. The van der Waals surface area contributed by atoms with Crippen molar-refractivity contribution in [3.05, 3.63) is 175 Å². The van der Waals surface area contributed by atoms with Crippen molar-refractivity contribution >= 4 is 115 Å². The summed E-state index contributed by atoms with van der Waals surface area (Å²) in [5, 5.41) is 15.6. The summed E-state index contributed by atoms with van der Waals surface area (Å²) in [6, 6.07) is 61.9. The first-order valence-electron chi connectivity index (χ1n) is 21.7. The summed E-state index contributed by atoms with van der Waals surface area (Å²) in [5.41, 5.74) is 13.7. The Morgan fingerprint density at radius 2 is 0.820 bits per heavy atom. The van der Waals surface area contributed by atoms with Crippen molar-refractivity contribution in [2.45, 2.75) is 52.4 Å². The Kier molecular flexibility index (Phi) is 6.72. The highest BCUT2D eigenvalue weighted by atomic mass is 15.2. The lowest BCUT2D eigenvalue weighted by Crippen LogP contribution is -2.15. The van der Waals surface area contributed by atoms with Crippen LogP contribution in [0.1, 0.15) is 52.7 Å². The third-order valence-electron chi connectivity index (χ3n) is 13.8. The van der Waals surface area contributed by atoms with Crippen LogP contribution in [0, 0.1) is 0 Å². The Morgan fingerprint density at radius 3 is 1.43 bits per heavy atom. The number of anilines is 3. The maximum atomic E-state index is 2.63. The van der Waals surface area contributed by atoms with E-state index in [4.69, 9.17) is 0 Å². The number of fused-ring (bicyclic) bond motifs is 16. The topological polar surface area (TPSA) is 12.1 Å². The van der Waals surface area contributed by atoms with Gasteiger partial charge in [0, 0.05) is 54.5 Å². The van der Waals surface area contributed by atoms with Crippen LogP contribution in [-0.2, 0) is 10.8 Å². The van der Waals surface area contributed by atoms with Gasteiger partial charge in [-0.25, -0.2) is 0 Å². The van der Waals surface area contributed by atoms with Gasteiger partial charge < -0.3 is 13.7 Å². The first-order chi connectivity index (χ1) is 29.5. The summed E-state index contributed by atoms with van der Waals surface area (Å²) in [5.74, 6) is 0. The lowest BCUT2D eigenvalue weighted by molar-refractivity contribution is 0.591. The summed E-state index contributed by atoms with van der Waals surface area (Å²) >= 11 is 0. The average Bonchev–Trinajstić information content (AvgIpc) is 3.98. The number of rotatable bonds is 3. The van der Waals surface area contributed by atoms with E-state index < -0.39 is 0 Å². The molecule has 0 spiro atoms. The van der Waals surface area contributed by atoms with Gasteiger partial charge in [-0.05, 0) is 116 Å². The van der Waals surface area contributed by atoms with Gasteiger partial charge in [0.1, 0.15) is 0 Å². The van der Waals surface area contributed by atoms with E-state index in [9.17, 15) is 0 Å². The van der Waals surface area contributed by atoms with Crippen molar-refractivity contribution in [1.29, 1.82) is 0 Å². The van der Waals surface area contributed by atoms with Crippen LogP contribution in [0.3, 0.4) is 0 Å². The van der Waals surface area contributed by atoms with Gasteiger partial charge in [0.2, 0.25) is 0 Å². The van der Waals surface area contributed by atoms with Crippen LogP contribution in [-0.4, -0.2) is 8.80 Å². The normalized spacial score (nSPS) is 13.1. The first kappa shape index (κ1) is 34.7. The molecule has 0 fully saturated rings. The Morgan fingerprint density at radius 1 is 0.344 bits per heavy atom. The fraction of sp³-hybridized carbons (Fsp3) is 0.138. The van der Waals surface area contributed by atoms with E-state index in [0.29, 0.717) is 0 Å². The average molecular weight is 784 g/mol. The third kappa shape index (κ3) is 4.64. The second kappa shape index (κ2) is 11.8. The molecule has 9 aromatic carbocycles. The minimum atomic E-state index is -0.0791. The molecule has 0 aliphatic carbocycles. The molecule has 292 valence electrons. The summed E-state index contributed by atoms with van der Waals surface area (Å²) in [4.78, 5) is 2.47. The summed E-state index contributed by atoms with van der Waals surface area (Å²) in [7, 11) is 0. The van der Waals surface area contributed by atoms with Gasteiger partial charge in [0.25, 0.3) is 0 Å². The second-order valence-corrected chi connectivity index (χ2v) is 19.4. The van der Waals surface area contributed by atoms with E-state index >= 15 is 0 Å². The Labute approximate surface area is 354 Å². The Hall–Kier alpha value is -7.10. The predicted octanol–water partition coefficient (Wildman–Crippen LogP) is 16.4. The van der Waals surface area contributed by atoms with Crippen molar-refractivity contribution in [2.75, 3.05) is 4.90 Å². The van der Waals surface area contributed by atoms with Crippen LogP contribution >= 0.6 is 0 Å². The lowest BCUT2D eigenvalue weighted by atomic mass is 9.85. The van der Waals surface area contributed by atoms with Crippen LogP contribution in [0.15, 0.2) is 164 Å². The van der Waals surface area contributed by atoms with Gasteiger partial charge in [-0.1, -0.05) is 133 Å². The zero-order valence-electron chi connectivity index (χ0n) is 35.4. The molecule has 0 radical (unpaired) electrons. The summed E-state index contributed by atoms with van der Waals surface area (Å²) < 4.78 is 5.21. The highest BCUT2D eigenvalue weighted by molar-refractivity contribution is 6.36. The molecule has 0 atom stereocenters. The molecule has 0 saturated carbocycles. The van der Waals surface area contributed by atoms with Crippen LogP contribution in [0.25, 0.3) is 97.7 Å².